The van der Waals surface area contributed by atoms with Crippen LogP contribution in [0.4, 0.5) is 0 Å². The zero-order valence-electron chi connectivity index (χ0n) is 15.8. The molecule has 0 aliphatic rings. The highest BCUT2D eigenvalue weighted by atomic mass is 16.3. The average molecular weight is 354 g/mol. The van der Waals surface area contributed by atoms with Gasteiger partial charge in [0.15, 0.2) is 5.69 Å². The lowest BCUT2D eigenvalue weighted by atomic mass is 10.1. The zero-order valence-corrected chi connectivity index (χ0v) is 15.8. The first kappa shape index (κ1) is 18.2. The number of likely N-dealkylation sites (N-methyl/N-ethyl adjacent to an activating group) is 1. The maximum absolute atomic E-state index is 12.8. The van der Waals surface area contributed by atoms with Gasteiger partial charge in [0.1, 0.15) is 11.6 Å². The van der Waals surface area contributed by atoms with E-state index in [-0.39, 0.29) is 11.9 Å². The van der Waals surface area contributed by atoms with Crippen LogP contribution < -0.4 is 5.32 Å². The number of rotatable bonds is 7. The highest BCUT2D eigenvalue weighted by Crippen LogP contribution is 2.19. The van der Waals surface area contributed by atoms with Gasteiger partial charge in [-0.2, -0.15) is 0 Å². The molecule has 1 atom stereocenters. The largest absolute Gasteiger partial charge is 0.468 e. The van der Waals surface area contributed by atoms with Crippen molar-refractivity contribution in [3.8, 4) is 0 Å². The molecule has 0 aromatic carbocycles. The number of furan rings is 1. The fourth-order valence-electron chi connectivity index (χ4n) is 3.07. The zero-order chi connectivity index (χ0) is 18.7. The van der Waals surface area contributed by atoms with Crippen molar-refractivity contribution >= 4 is 11.4 Å². The first-order chi connectivity index (χ1) is 12.5. The number of pyridine rings is 1. The third-order valence-corrected chi connectivity index (χ3v) is 4.38. The van der Waals surface area contributed by atoms with Crippen LogP contribution in [-0.2, 0) is 6.42 Å². The molecule has 3 heterocycles. The smallest absolute Gasteiger partial charge is 0.272 e. The van der Waals surface area contributed by atoms with Gasteiger partial charge in [0.05, 0.1) is 17.8 Å². The van der Waals surface area contributed by atoms with Gasteiger partial charge in [-0.3, -0.25) is 9.69 Å². The van der Waals surface area contributed by atoms with Crippen molar-refractivity contribution in [2.24, 2.45) is 5.92 Å². The molecule has 3 aromatic rings. The van der Waals surface area contributed by atoms with Gasteiger partial charge >= 0.3 is 0 Å². The number of carbonyl (C=O) groups is 1. The Balaban J connectivity index is 1.81. The summed E-state index contributed by atoms with van der Waals surface area (Å²) in [6.45, 7) is 4.74. The number of hydrogen-bond acceptors (Lipinski definition) is 4. The lowest BCUT2D eigenvalue weighted by molar-refractivity contribution is 0.0936. The molecule has 6 heteroatoms. The van der Waals surface area contributed by atoms with E-state index in [1.807, 2.05) is 59.9 Å². The van der Waals surface area contributed by atoms with Crippen LogP contribution in [0.3, 0.4) is 0 Å². The van der Waals surface area contributed by atoms with E-state index in [1.54, 1.807) is 6.26 Å². The quantitative estimate of drug-likeness (QED) is 0.708. The van der Waals surface area contributed by atoms with E-state index in [2.05, 4.69) is 24.1 Å². The minimum absolute atomic E-state index is 0.0297. The molecule has 0 spiro atoms. The van der Waals surface area contributed by atoms with Crippen molar-refractivity contribution < 1.29 is 9.21 Å². The molecular formula is C20H26N4O2. The number of carbonyl (C=O) groups excluding carboxylic acids is 1. The summed E-state index contributed by atoms with van der Waals surface area (Å²) in [4.78, 5) is 19.5. The Bertz CT molecular complexity index is 865. The van der Waals surface area contributed by atoms with Crippen LogP contribution in [0.5, 0.6) is 0 Å². The number of hydrogen-bond donors (Lipinski definition) is 1. The summed E-state index contributed by atoms with van der Waals surface area (Å²) in [5, 5.41) is 3.01. The molecule has 0 radical (unpaired) electrons. The van der Waals surface area contributed by atoms with Crippen molar-refractivity contribution in [3.63, 3.8) is 0 Å². The number of fused-ring (bicyclic) bond motifs is 1. The molecule has 1 N–H and O–H groups in total. The third-order valence-electron chi connectivity index (χ3n) is 4.38. The monoisotopic (exact) mass is 354 g/mol. The summed E-state index contributed by atoms with van der Waals surface area (Å²) in [6, 6.07) is 9.57. The van der Waals surface area contributed by atoms with Gasteiger partial charge in [-0.05, 0) is 44.3 Å². The molecule has 138 valence electrons. The molecule has 0 bridgehead atoms. The molecule has 3 aromatic heterocycles. The van der Waals surface area contributed by atoms with Crippen LogP contribution in [0.1, 0.15) is 42.0 Å². The number of nitrogens with zero attached hydrogens (tertiary/aromatic N) is 3. The van der Waals surface area contributed by atoms with Crippen LogP contribution in [-0.4, -0.2) is 40.8 Å². The molecule has 26 heavy (non-hydrogen) atoms. The summed E-state index contributed by atoms with van der Waals surface area (Å²) in [7, 11) is 3.93. The Kier molecular flexibility index (Phi) is 5.42. The van der Waals surface area contributed by atoms with Crippen molar-refractivity contribution in [1.29, 1.82) is 0 Å². The van der Waals surface area contributed by atoms with Crippen molar-refractivity contribution in [2.45, 2.75) is 26.3 Å². The maximum atomic E-state index is 12.8. The standard InChI is InChI=1S/C20H26N4O2/c1-14(2)12-18-22-19(15-8-5-6-10-24(15)18)20(25)21-13-16(23(3)4)17-9-7-11-26-17/h5-11,14,16H,12-13H2,1-4H3,(H,21,25). The Labute approximate surface area is 153 Å². The predicted molar refractivity (Wildman–Crippen MR) is 101 cm³/mol. The summed E-state index contributed by atoms with van der Waals surface area (Å²) < 4.78 is 7.51. The molecule has 0 aliphatic heterocycles. The summed E-state index contributed by atoms with van der Waals surface area (Å²) in [6.07, 6.45) is 4.43. The number of aromatic nitrogens is 2. The van der Waals surface area contributed by atoms with Gasteiger partial charge in [0, 0.05) is 19.2 Å². The minimum atomic E-state index is -0.165. The van der Waals surface area contributed by atoms with E-state index in [4.69, 9.17) is 4.42 Å². The summed E-state index contributed by atoms with van der Waals surface area (Å²) >= 11 is 0. The number of imidazole rings is 1. The first-order valence-corrected chi connectivity index (χ1v) is 8.91. The third kappa shape index (κ3) is 3.80. The number of amides is 1. The molecule has 3 rings (SSSR count). The Hall–Kier alpha value is -2.60. The van der Waals surface area contributed by atoms with Crippen LogP contribution >= 0.6 is 0 Å². The molecule has 0 saturated heterocycles. The van der Waals surface area contributed by atoms with E-state index in [0.29, 0.717) is 18.2 Å². The second kappa shape index (κ2) is 7.74. The minimum Gasteiger partial charge on any atom is -0.468 e. The normalized spacial score (nSPS) is 12.8. The molecule has 1 amide bonds. The molecule has 0 aliphatic carbocycles. The van der Waals surface area contributed by atoms with Crippen LogP contribution in [0.25, 0.3) is 5.52 Å². The fourth-order valence-corrected chi connectivity index (χ4v) is 3.07. The van der Waals surface area contributed by atoms with Crippen LogP contribution in [0, 0.1) is 5.92 Å². The highest BCUT2D eigenvalue weighted by molar-refractivity contribution is 5.99. The number of nitrogens with one attached hydrogen (secondary N) is 1. The van der Waals surface area contributed by atoms with Gasteiger partial charge in [-0.25, -0.2) is 4.98 Å². The molecule has 6 nitrogen and oxygen atoms in total. The van der Waals surface area contributed by atoms with E-state index in [9.17, 15) is 4.79 Å². The first-order valence-electron chi connectivity index (χ1n) is 8.91. The fraction of sp³-hybridized carbons (Fsp3) is 0.400. The predicted octanol–water partition coefficient (Wildman–Crippen LogP) is 3.16. The van der Waals surface area contributed by atoms with E-state index in [1.165, 1.54) is 0 Å². The van der Waals surface area contributed by atoms with Crippen LogP contribution in [0.2, 0.25) is 0 Å². The van der Waals surface area contributed by atoms with E-state index < -0.39 is 0 Å². The Morgan fingerprint density at radius 2 is 2.08 bits per heavy atom. The molecular weight excluding hydrogens is 328 g/mol. The van der Waals surface area contributed by atoms with Crippen molar-refractivity contribution in [2.75, 3.05) is 20.6 Å². The lowest BCUT2D eigenvalue weighted by Crippen LogP contribution is -2.34. The maximum Gasteiger partial charge on any atom is 0.272 e. The highest BCUT2D eigenvalue weighted by Gasteiger charge is 2.21. The average Bonchev–Trinajstić information content (AvgIpc) is 3.23. The van der Waals surface area contributed by atoms with Gasteiger partial charge in [0.25, 0.3) is 5.91 Å². The van der Waals surface area contributed by atoms with Gasteiger partial charge < -0.3 is 14.1 Å². The molecule has 0 fully saturated rings. The van der Waals surface area contributed by atoms with E-state index >= 15 is 0 Å². The van der Waals surface area contributed by atoms with Gasteiger partial charge in [-0.1, -0.05) is 19.9 Å². The molecule has 0 saturated carbocycles. The van der Waals surface area contributed by atoms with Gasteiger partial charge in [-0.15, -0.1) is 0 Å². The van der Waals surface area contributed by atoms with E-state index in [0.717, 1.165) is 23.5 Å². The topological polar surface area (TPSA) is 62.8 Å². The summed E-state index contributed by atoms with van der Waals surface area (Å²) in [5.41, 5.74) is 1.30. The summed E-state index contributed by atoms with van der Waals surface area (Å²) in [5.74, 6) is 2.04. The second-order valence-electron chi connectivity index (χ2n) is 7.14. The Morgan fingerprint density at radius 3 is 2.73 bits per heavy atom. The lowest BCUT2D eigenvalue weighted by Gasteiger charge is -2.22. The Morgan fingerprint density at radius 1 is 1.27 bits per heavy atom. The van der Waals surface area contributed by atoms with Gasteiger partial charge in [0.2, 0.25) is 0 Å². The van der Waals surface area contributed by atoms with Crippen LogP contribution in [0.15, 0.2) is 47.2 Å². The SMILES string of the molecule is CC(C)Cc1nc(C(=O)NCC(c2ccco2)N(C)C)c2ccccn12. The molecule has 1 unspecified atom stereocenters. The van der Waals surface area contributed by atoms with Crippen molar-refractivity contribution in [3.05, 3.63) is 60.1 Å². The van der Waals surface area contributed by atoms with Crippen molar-refractivity contribution in [1.82, 2.24) is 19.6 Å². The second-order valence-corrected chi connectivity index (χ2v) is 7.14.